The van der Waals surface area contributed by atoms with E-state index in [1.54, 1.807) is 0 Å². The molecule has 102 valence electrons. The Morgan fingerprint density at radius 2 is 2.11 bits per heavy atom. The van der Waals surface area contributed by atoms with Gasteiger partial charge in [0, 0.05) is 23.6 Å². The molecule has 19 heavy (non-hydrogen) atoms. The van der Waals surface area contributed by atoms with Gasteiger partial charge in [-0.05, 0) is 25.5 Å². The van der Waals surface area contributed by atoms with Gasteiger partial charge in [0.15, 0.2) is 5.75 Å². The maximum Gasteiger partial charge on any atom is 0.163 e. The van der Waals surface area contributed by atoms with Crippen LogP contribution in [0.4, 0.5) is 0 Å². The van der Waals surface area contributed by atoms with Crippen LogP contribution in [0.2, 0.25) is 0 Å². The lowest BCUT2D eigenvalue weighted by atomic mass is 10.1. The van der Waals surface area contributed by atoms with Crippen LogP contribution in [-0.4, -0.2) is 9.78 Å². The molecular formula is C14H18BrN3O. The molecule has 4 nitrogen and oxygen atoms in total. The molecule has 0 aliphatic carbocycles. The van der Waals surface area contributed by atoms with Gasteiger partial charge in [-0.2, -0.15) is 5.10 Å². The monoisotopic (exact) mass is 323 g/mol. The number of aromatic nitrogens is 2. The molecule has 0 saturated heterocycles. The number of rotatable bonds is 4. The van der Waals surface area contributed by atoms with Crippen LogP contribution in [0.3, 0.4) is 0 Å². The quantitative estimate of drug-likeness (QED) is 0.941. The number of benzene rings is 1. The molecule has 0 saturated carbocycles. The van der Waals surface area contributed by atoms with Crippen LogP contribution in [0.15, 0.2) is 22.7 Å². The first kappa shape index (κ1) is 14.1. The summed E-state index contributed by atoms with van der Waals surface area (Å²) < 4.78 is 8.74. The largest absolute Gasteiger partial charge is 0.485 e. The molecule has 0 atom stereocenters. The number of halogens is 1. The molecular weight excluding hydrogens is 306 g/mol. The number of ether oxygens (including phenoxy) is 1. The molecule has 2 N–H and O–H groups in total. The van der Waals surface area contributed by atoms with Crippen molar-refractivity contribution in [1.82, 2.24) is 9.78 Å². The average molecular weight is 324 g/mol. The molecule has 0 bridgehead atoms. The van der Waals surface area contributed by atoms with E-state index in [1.165, 1.54) is 0 Å². The maximum absolute atomic E-state index is 5.88. The summed E-state index contributed by atoms with van der Waals surface area (Å²) >= 11 is 3.55. The number of hydrogen-bond acceptors (Lipinski definition) is 3. The molecule has 1 aromatic carbocycles. The molecule has 0 amide bonds. The zero-order valence-corrected chi connectivity index (χ0v) is 13.0. The van der Waals surface area contributed by atoms with Crippen molar-refractivity contribution < 1.29 is 4.74 Å². The van der Waals surface area contributed by atoms with E-state index in [0.717, 1.165) is 32.7 Å². The second-order valence-electron chi connectivity index (χ2n) is 4.54. The second kappa shape index (κ2) is 5.75. The SMILES string of the molecule is Cc1nn(C)c(C)c1OCc1ccc(CN)cc1Br. The molecule has 0 fully saturated rings. The summed E-state index contributed by atoms with van der Waals surface area (Å²) in [6.07, 6.45) is 0. The molecule has 0 spiro atoms. The van der Waals surface area contributed by atoms with Gasteiger partial charge in [0.1, 0.15) is 12.3 Å². The summed E-state index contributed by atoms with van der Waals surface area (Å²) in [6.45, 7) is 5.01. The van der Waals surface area contributed by atoms with Gasteiger partial charge < -0.3 is 10.5 Å². The first-order valence-electron chi connectivity index (χ1n) is 6.13. The van der Waals surface area contributed by atoms with Crippen LogP contribution in [0.1, 0.15) is 22.5 Å². The summed E-state index contributed by atoms with van der Waals surface area (Å²) in [4.78, 5) is 0. The van der Waals surface area contributed by atoms with E-state index >= 15 is 0 Å². The van der Waals surface area contributed by atoms with E-state index in [9.17, 15) is 0 Å². The van der Waals surface area contributed by atoms with Gasteiger partial charge in [0.2, 0.25) is 0 Å². The summed E-state index contributed by atoms with van der Waals surface area (Å²) in [6, 6.07) is 6.08. The van der Waals surface area contributed by atoms with Gasteiger partial charge in [-0.15, -0.1) is 0 Å². The molecule has 1 aromatic heterocycles. The van der Waals surface area contributed by atoms with Crippen molar-refractivity contribution in [3.05, 3.63) is 45.2 Å². The Kier molecular flexibility index (Phi) is 4.27. The topological polar surface area (TPSA) is 53.1 Å². The highest BCUT2D eigenvalue weighted by atomic mass is 79.9. The fourth-order valence-electron chi connectivity index (χ4n) is 1.95. The highest BCUT2D eigenvalue weighted by Crippen LogP contribution is 2.25. The normalized spacial score (nSPS) is 10.8. The van der Waals surface area contributed by atoms with Crippen molar-refractivity contribution in [1.29, 1.82) is 0 Å². The molecule has 2 aromatic rings. The van der Waals surface area contributed by atoms with Crippen LogP contribution >= 0.6 is 15.9 Å². The third kappa shape index (κ3) is 2.98. The van der Waals surface area contributed by atoms with Gasteiger partial charge in [0.25, 0.3) is 0 Å². The van der Waals surface area contributed by atoms with Gasteiger partial charge in [-0.1, -0.05) is 28.1 Å². The third-order valence-corrected chi connectivity index (χ3v) is 3.91. The summed E-state index contributed by atoms with van der Waals surface area (Å²) in [5, 5.41) is 4.34. The van der Waals surface area contributed by atoms with Crippen molar-refractivity contribution in [3.8, 4) is 5.75 Å². The Bertz CT molecular complexity index is 593. The van der Waals surface area contributed by atoms with E-state index in [2.05, 4.69) is 21.0 Å². The van der Waals surface area contributed by atoms with E-state index < -0.39 is 0 Å². The summed E-state index contributed by atoms with van der Waals surface area (Å²) in [7, 11) is 1.92. The van der Waals surface area contributed by atoms with Gasteiger partial charge in [0.05, 0.1) is 5.69 Å². The fourth-order valence-corrected chi connectivity index (χ4v) is 2.49. The Labute approximate surface area is 121 Å². The number of hydrogen-bond donors (Lipinski definition) is 1. The predicted octanol–water partition coefficient (Wildman–Crippen LogP) is 2.84. The fraction of sp³-hybridized carbons (Fsp3) is 0.357. The lowest BCUT2D eigenvalue weighted by molar-refractivity contribution is 0.301. The lowest BCUT2D eigenvalue weighted by Gasteiger charge is -2.09. The zero-order valence-electron chi connectivity index (χ0n) is 11.4. The van der Waals surface area contributed by atoms with Crippen LogP contribution in [-0.2, 0) is 20.2 Å². The maximum atomic E-state index is 5.88. The van der Waals surface area contributed by atoms with Crippen LogP contribution in [0.25, 0.3) is 0 Å². The Morgan fingerprint density at radius 3 is 2.63 bits per heavy atom. The van der Waals surface area contributed by atoms with E-state index in [1.807, 2.05) is 43.8 Å². The molecule has 2 rings (SSSR count). The molecule has 5 heteroatoms. The van der Waals surface area contributed by atoms with Crippen molar-refractivity contribution in [3.63, 3.8) is 0 Å². The van der Waals surface area contributed by atoms with Gasteiger partial charge in [-0.25, -0.2) is 0 Å². The highest BCUT2D eigenvalue weighted by Gasteiger charge is 2.11. The zero-order chi connectivity index (χ0) is 14.0. The number of nitrogens with two attached hydrogens (primary N) is 1. The van der Waals surface area contributed by atoms with Crippen molar-refractivity contribution >= 4 is 15.9 Å². The van der Waals surface area contributed by atoms with Crippen molar-refractivity contribution in [2.24, 2.45) is 12.8 Å². The van der Waals surface area contributed by atoms with Crippen LogP contribution in [0, 0.1) is 13.8 Å². The Hall–Kier alpha value is -1.33. The summed E-state index contributed by atoms with van der Waals surface area (Å²) in [5.74, 6) is 0.859. The van der Waals surface area contributed by atoms with Crippen LogP contribution < -0.4 is 10.5 Å². The summed E-state index contributed by atoms with van der Waals surface area (Å²) in [5.41, 5.74) is 9.76. The lowest BCUT2D eigenvalue weighted by Crippen LogP contribution is -2.01. The number of nitrogens with zero attached hydrogens (tertiary/aromatic N) is 2. The van der Waals surface area contributed by atoms with Gasteiger partial charge in [-0.3, -0.25) is 4.68 Å². The smallest absolute Gasteiger partial charge is 0.163 e. The third-order valence-electron chi connectivity index (χ3n) is 3.17. The highest BCUT2D eigenvalue weighted by molar-refractivity contribution is 9.10. The minimum atomic E-state index is 0.513. The van der Waals surface area contributed by atoms with Gasteiger partial charge >= 0.3 is 0 Å². The minimum absolute atomic E-state index is 0.513. The number of aryl methyl sites for hydroxylation is 2. The van der Waals surface area contributed by atoms with E-state index in [0.29, 0.717) is 13.2 Å². The predicted molar refractivity (Wildman–Crippen MR) is 79.0 cm³/mol. The average Bonchev–Trinajstić information content (AvgIpc) is 2.62. The second-order valence-corrected chi connectivity index (χ2v) is 5.40. The standard InChI is InChI=1S/C14H18BrN3O/c1-9-14(10(2)18(3)17-9)19-8-12-5-4-11(7-16)6-13(12)15/h4-6H,7-8,16H2,1-3H3. The first-order valence-corrected chi connectivity index (χ1v) is 6.92. The molecule has 1 heterocycles. The Morgan fingerprint density at radius 1 is 1.37 bits per heavy atom. The first-order chi connectivity index (χ1) is 9.02. The molecule has 0 aliphatic rings. The van der Waals surface area contributed by atoms with Crippen molar-refractivity contribution in [2.75, 3.05) is 0 Å². The van der Waals surface area contributed by atoms with E-state index in [4.69, 9.17) is 10.5 Å². The molecule has 0 radical (unpaired) electrons. The van der Waals surface area contributed by atoms with E-state index in [-0.39, 0.29) is 0 Å². The molecule has 0 unspecified atom stereocenters. The Balaban J connectivity index is 2.14. The van der Waals surface area contributed by atoms with Crippen molar-refractivity contribution in [2.45, 2.75) is 27.0 Å². The minimum Gasteiger partial charge on any atom is -0.485 e. The molecule has 0 aliphatic heterocycles. The van der Waals surface area contributed by atoms with Crippen LogP contribution in [0.5, 0.6) is 5.75 Å².